The quantitative estimate of drug-likeness (QED) is 0.837. The van der Waals surface area contributed by atoms with Gasteiger partial charge in [-0.1, -0.05) is 32.1 Å². The Hall–Kier alpha value is -1.45. The summed E-state index contributed by atoms with van der Waals surface area (Å²) in [7, 11) is 0. The molecule has 1 saturated carbocycles. The van der Waals surface area contributed by atoms with Crippen LogP contribution in [0.2, 0.25) is 0 Å². The molecule has 1 aliphatic carbocycles. The van der Waals surface area contributed by atoms with E-state index < -0.39 is 0 Å². The molecule has 114 valence electrons. The molecule has 1 unspecified atom stereocenters. The van der Waals surface area contributed by atoms with E-state index in [1.54, 1.807) is 18.6 Å². The Morgan fingerprint density at radius 2 is 1.76 bits per heavy atom. The van der Waals surface area contributed by atoms with Crippen LogP contribution in [0.4, 0.5) is 0 Å². The number of aromatic nitrogens is 2. The molecule has 2 heterocycles. The minimum absolute atomic E-state index is 0.0839. The summed E-state index contributed by atoms with van der Waals surface area (Å²) < 4.78 is 0. The second-order valence-electron chi connectivity index (χ2n) is 6.40. The molecule has 0 spiro atoms. The monoisotopic (exact) mass is 287 g/mol. The molecule has 1 amide bonds. The highest BCUT2D eigenvalue weighted by Crippen LogP contribution is 2.33. The Kier molecular flexibility index (Phi) is 4.84. The summed E-state index contributed by atoms with van der Waals surface area (Å²) in [5, 5.41) is 0. The number of carbonyl (C=O) groups excluding carboxylic acids is 1. The largest absolute Gasteiger partial charge is 0.334 e. The third-order valence-electron chi connectivity index (χ3n) is 5.04. The molecule has 1 aliphatic heterocycles. The van der Waals surface area contributed by atoms with Crippen LogP contribution in [0.1, 0.15) is 68.3 Å². The van der Waals surface area contributed by atoms with Crippen LogP contribution in [0, 0.1) is 5.92 Å². The van der Waals surface area contributed by atoms with Crippen molar-refractivity contribution in [2.45, 2.75) is 63.8 Å². The van der Waals surface area contributed by atoms with E-state index in [-0.39, 0.29) is 5.91 Å². The molecule has 4 nitrogen and oxygen atoms in total. The molecule has 0 N–H and O–H groups in total. The van der Waals surface area contributed by atoms with Crippen molar-refractivity contribution in [3.05, 3.63) is 24.3 Å². The fourth-order valence-corrected chi connectivity index (χ4v) is 3.95. The molecule has 1 aromatic heterocycles. The van der Waals surface area contributed by atoms with Gasteiger partial charge in [0.2, 0.25) is 0 Å². The minimum Gasteiger partial charge on any atom is -0.334 e. The predicted molar refractivity (Wildman–Crippen MR) is 81.9 cm³/mol. The molecule has 21 heavy (non-hydrogen) atoms. The second kappa shape index (κ2) is 7.01. The van der Waals surface area contributed by atoms with E-state index in [1.807, 2.05) is 0 Å². The normalized spacial score (nSPS) is 24.6. The number of hydrogen-bond donors (Lipinski definition) is 0. The van der Waals surface area contributed by atoms with Crippen LogP contribution in [0.25, 0.3) is 0 Å². The lowest BCUT2D eigenvalue weighted by Gasteiger charge is -2.37. The highest BCUT2D eigenvalue weighted by Gasteiger charge is 2.33. The minimum atomic E-state index is 0.0839. The van der Waals surface area contributed by atoms with E-state index in [2.05, 4.69) is 14.9 Å². The third kappa shape index (κ3) is 3.42. The molecule has 3 rings (SSSR count). The van der Waals surface area contributed by atoms with Crippen molar-refractivity contribution in [3.8, 4) is 0 Å². The average Bonchev–Trinajstić information content (AvgIpc) is 2.81. The van der Waals surface area contributed by atoms with Gasteiger partial charge in [0.25, 0.3) is 5.91 Å². The van der Waals surface area contributed by atoms with E-state index in [0.717, 1.165) is 19.4 Å². The first-order valence-corrected chi connectivity index (χ1v) is 8.43. The van der Waals surface area contributed by atoms with Crippen molar-refractivity contribution in [2.75, 3.05) is 6.54 Å². The van der Waals surface area contributed by atoms with Crippen molar-refractivity contribution in [2.24, 2.45) is 5.92 Å². The van der Waals surface area contributed by atoms with E-state index >= 15 is 0 Å². The van der Waals surface area contributed by atoms with Crippen LogP contribution in [0.15, 0.2) is 18.6 Å². The first-order valence-electron chi connectivity index (χ1n) is 8.43. The predicted octanol–water partition coefficient (Wildman–Crippen LogP) is 3.44. The molecule has 1 saturated heterocycles. The van der Waals surface area contributed by atoms with E-state index in [4.69, 9.17) is 0 Å². The molecular weight excluding hydrogens is 262 g/mol. The maximum Gasteiger partial charge on any atom is 0.274 e. The van der Waals surface area contributed by atoms with Gasteiger partial charge in [0.1, 0.15) is 5.69 Å². The Labute approximate surface area is 127 Å². The van der Waals surface area contributed by atoms with Gasteiger partial charge in [-0.05, 0) is 31.6 Å². The van der Waals surface area contributed by atoms with Crippen LogP contribution in [-0.2, 0) is 0 Å². The number of carbonyl (C=O) groups is 1. The van der Waals surface area contributed by atoms with Crippen LogP contribution in [-0.4, -0.2) is 33.4 Å². The first kappa shape index (κ1) is 14.5. The summed E-state index contributed by atoms with van der Waals surface area (Å²) in [5.41, 5.74) is 0.500. The molecule has 1 aromatic rings. The summed E-state index contributed by atoms with van der Waals surface area (Å²) >= 11 is 0. The first-order chi connectivity index (χ1) is 10.4. The van der Waals surface area contributed by atoms with Gasteiger partial charge in [0, 0.05) is 25.0 Å². The number of nitrogens with zero attached hydrogens (tertiary/aromatic N) is 3. The summed E-state index contributed by atoms with van der Waals surface area (Å²) in [5.74, 6) is 0.776. The fraction of sp³-hybridized carbons (Fsp3) is 0.706. The Morgan fingerprint density at radius 1 is 1.00 bits per heavy atom. The standard InChI is InChI=1S/C17H25N3O/c21-17(15-13-18-10-11-19-15)20-12-6-2-5-9-16(20)14-7-3-1-4-8-14/h10-11,13-14,16H,1-9,12H2. The molecule has 0 radical (unpaired) electrons. The SMILES string of the molecule is O=C(c1cnccn1)N1CCCCCC1C1CCCCC1. The summed E-state index contributed by atoms with van der Waals surface area (Å²) in [4.78, 5) is 23.2. The van der Waals surface area contributed by atoms with Gasteiger partial charge in [-0.15, -0.1) is 0 Å². The van der Waals surface area contributed by atoms with Gasteiger partial charge in [-0.25, -0.2) is 4.98 Å². The van der Waals surface area contributed by atoms with Gasteiger partial charge in [-0.2, -0.15) is 0 Å². The molecule has 2 aliphatic rings. The lowest BCUT2D eigenvalue weighted by atomic mass is 9.81. The lowest BCUT2D eigenvalue weighted by molar-refractivity contribution is 0.0568. The molecular formula is C17H25N3O. The van der Waals surface area contributed by atoms with Crippen LogP contribution in [0.3, 0.4) is 0 Å². The number of hydrogen-bond acceptors (Lipinski definition) is 3. The van der Waals surface area contributed by atoms with Crippen molar-refractivity contribution < 1.29 is 4.79 Å². The van der Waals surface area contributed by atoms with E-state index in [1.165, 1.54) is 44.9 Å². The number of rotatable bonds is 2. The molecule has 0 bridgehead atoms. The van der Waals surface area contributed by atoms with Crippen LogP contribution < -0.4 is 0 Å². The Morgan fingerprint density at radius 3 is 2.52 bits per heavy atom. The second-order valence-corrected chi connectivity index (χ2v) is 6.40. The van der Waals surface area contributed by atoms with Gasteiger partial charge >= 0.3 is 0 Å². The molecule has 1 atom stereocenters. The summed E-state index contributed by atoms with van der Waals surface area (Å²) in [6.07, 6.45) is 16.2. The highest BCUT2D eigenvalue weighted by molar-refractivity contribution is 5.92. The van der Waals surface area contributed by atoms with Crippen molar-refractivity contribution >= 4 is 5.91 Å². The fourth-order valence-electron chi connectivity index (χ4n) is 3.95. The van der Waals surface area contributed by atoms with E-state index in [9.17, 15) is 4.79 Å². The van der Waals surface area contributed by atoms with E-state index in [0.29, 0.717) is 17.7 Å². The zero-order chi connectivity index (χ0) is 14.5. The summed E-state index contributed by atoms with van der Waals surface area (Å²) in [6.45, 7) is 0.885. The topological polar surface area (TPSA) is 46.1 Å². The third-order valence-corrected chi connectivity index (χ3v) is 5.04. The summed E-state index contributed by atoms with van der Waals surface area (Å²) in [6, 6.07) is 0.419. The zero-order valence-corrected chi connectivity index (χ0v) is 12.7. The number of likely N-dealkylation sites (tertiary alicyclic amines) is 1. The van der Waals surface area contributed by atoms with Crippen LogP contribution >= 0.6 is 0 Å². The molecule has 2 fully saturated rings. The van der Waals surface area contributed by atoms with Crippen molar-refractivity contribution in [1.82, 2.24) is 14.9 Å². The molecule has 0 aromatic carbocycles. The Balaban J connectivity index is 1.79. The van der Waals surface area contributed by atoms with Gasteiger partial charge < -0.3 is 4.90 Å². The van der Waals surface area contributed by atoms with Crippen molar-refractivity contribution in [1.29, 1.82) is 0 Å². The smallest absolute Gasteiger partial charge is 0.274 e. The maximum absolute atomic E-state index is 12.8. The number of amides is 1. The Bertz CT molecular complexity index is 456. The van der Waals surface area contributed by atoms with Crippen molar-refractivity contribution in [3.63, 3.8) is 0 Å². The lowest BCUT2D eigenvalue weighted by Crippen LogP contribution is -2.45. The maximum atomic E-state index is 12.8. The van der Waals surface area contributed by atoms with Gasteiger partial charge in [0.05, 0.1) is 6.20 Å². The molecule has 4 heteroatoms. The van der Waals surface area contributed by atoms with Gasteiger partial charge in [-0.3, -0.25) is 9.78 Å². The zero-order valence-electron chi connectivity index (χ0n) is 12.7. The average molecular weight is 287 g/mol. The van der Waals surface area contributed by atoms with Gasteiger partial charge in [0.15, 0.2) is 0 Å². The highest BCUT2D eigenvalue weighted by atomic mass is 16.2. The van der Waals surface area contributed by atoms with Crippen LogP contribution in [0.5, 0.6) is 0 Å².